The van der Waals surface area contributed by atoms with Gasteiger partial charge >= 0.3 is 6.09 Å². The van der Waals surface area contributed by atoms with Gasteiger partial charge in [-0.25, -0.2) is 4.79 Å². The Morgan fingerprint density at radius 2 is 2.10 bits per heavy atom. The van der Waals surface area contributed by atoms with Crippen LogP contribution in [0, 0.1) is 23.2 Å². The number of amides is 1. The standard InChI is InChI=1S/C13H19N5O2/c19-12(20)14-11-8-1-7-2-9(11)5-13(3-7,4-8)6-10-15-17-18-16-10/h7-9,11,14H,1-6H2,(H,19,20)(H,15,16,17,18). The summed E-state index contributed by atoms with van der Waals surface area (Å²) in [7, 11) is 0. The maximum absolute atomic E-state index is 11.0. The van der Waals surface area contributed by atoms with Gasteiger partial charge in [-0.2, -0.15) is 5.21 Å². The van der Waals surface area contributed by atoms with Crippen LogP contribution in [-0.2, 0) is 6.42 Å². The van der Waals surface area contributed by atoms with E-state index in [1.165, 1.54) is 19.3 Å². The monoisotopic (exact) mass is 277 g/mol. The third-order valence-electron chi connectivity index (χ3n) is 5.61. The number of carboxylic acid groups (broad SMARTS) is 1. The fraction of sp³-hybridized carbons (Fsp3) is 0.846. The van der Waals surface area contributed by atoms with Gasteiger partial charge in [0, 0.05) is 12.5 Å². The second-order valence-electron chi connectivity index (χ2n) is 6.95. The fourth-order valence-corrected chi connectivity index (χ4v) is 5.38. The molecule has 1 aromatic heterocycles. The Morgan fingerprint density at radius 1 is 1.35 bits per heavy atom. The van der Waals surface area contributed by atoms with Gasteiger partial charge in [0.05, 0.1) is 0 Å². The zero-order valence-corrected chi connectivity index (χ0v) is 11.2. The minimum absolute atomic E-state index is 0.155. The molecule has 1 aromatic rings. The van der Waals surface area contributed by atoms with Gasteiger partial charge in [0.15, 0.2) is 5.82 Å². The Hall–Kier alpha value is -1.66. The molecule has 0 saturated heterocycles. The van der Waals surface area contributed by atoms with Gasteiger partial charge < -0.3 is 10.4 Å². The Balaban J connectivity index is 1.56. The lowest BCUT2D eigenvalue weighted by Crippen LogP contribution is -2.59. The first-order chi connectivity index (χ1) is 9.63. The normalized spacial score (nSPS) is 41.8. The molecule has 20 heavy (non-hydrogen) atoms. The van der Waals surface area contributed by atoms with Crippen molar-refractivity contribution in [3.05, 3.63) is 5.82 Å². The predicted octanol–water partition coefficient (Wildman–Crippen LogP) is 1.20. The highest BCUT2D eigenvalue weighted by Gasteiger charge is 2.55. The van der Waals surface area contributed by atoms with Crippen LogP contribution >= 0.6 is 0 Å². The molecule has 1 amide bonds. The number of aromatic nitrogens is 4. The number of nitrogens with zero attached hydrogens (tertiary/aromatic N) is 3. The van der Waals surface area contributed by atoms with Gasteiger partial charge in [-0.05, 0) is 55.3 Å². The lowest BCUT2D eigenvalue weighted by Gasteiger charge is -2.59. The summed E-state index contributed by atoms with van der Waals surface area (Å²) < 4.78 is 0. The van der Waals surface area contributed by atoms with Gasteiger partial charge in [-0.15, -0.1) is 10.2 Å². The van der Waals surface area contributed by atoms with Crippen LogP contribution in [0.1, 0.15) is 37.9 Å². The molecule has 108 valence electrons. The number of hydrogen-bond acceptors (Lipinski definition) is 4. The number of aromatic amines is 1. The third-order valence-corrected chi connectivity index (χ3v) is 5.61. The summed E-state index contributed by atoms with van der Waals surface area (Å²) in [5.74, 6) is 2.54. The second-order valence-corrected chi connectivity index (χ2v) is 6.95. The van der Waals surface area contributed by atoms with E-state index in [-0.39, 0.29) is 11.5 Å². The first kappa shape index (κ1) is 12.1. The maximum atomic E-state index is 11.0. The predicted molar refractivity (Wildman–Crippen MR) is 68.8 cm³/mol. The average molecular weight is 277 g/mol. The van der Waals surface area contributed by atoms with Crippen LogP contribution < -0.4 is 5.32 Å². The summed E-state index contributed by atoms with van der Waals surface area (Å²) in [6, 6.07) is 0.155. The van der Waals surface area contributed by atoms with E-state index in [4.69, 9.17) is 5.11 Å². The molecular formula is C13H19N5O2. The first-order valence-corrected chi connectivity index (χ1v) is 7.35. The van der Waals surface area contributed by atoms with E-state index in [2.05, 4.69) is 25.9 Å². The fourth-order valence-electron chi connectivity index (χ4n) is 5.38. The van der Waals surface area contributed by atoms with Crippen LogP contribution in [0.2, 0.25) is 0 Å². The Bertz CT molecular complexity index is 501. The number of nitrogens with one attached hydrogen (secondary N) is 2. The van der Waals surface area contributed by atoms with E-state index in [1.807, 2.05) is 0 Å². The van der Waals surface area contributed by atoms with Crippen molar-refractivity contribution >= 4 is 6.09 Å². The van der Waals surface area contributed by atoms with Crippen LogP contribution in [-0.4, -0.2) is 37.9 Å². The SMILES string of the molecule is O=C(O)NC1C2CC3CC1CC(Cc1nn[nH]n1)(C3)C2. The highest BCUT2D eigenvalue weighted by atomic mass is 16.4. The summed E-state index contributed by atoms with van der Waals surface area (Å²) in [6.07, 6.45) is 5.79. The van der Waals surface area contributed by atoms with Crippen LogP contribution in [0.5, 0.6) is 0 Å². The minimum atomic E-state index is -0.880. The first-order valence-electron chi connectivity index (χ1n) is 7.35. The Kier molecular flexibility index (Phi) is 2.52. The van der Waals surface area contributed by atoms with Gasteiger partial charge in [-0.1, -0.05) is 5.21 Å². The van der Waals surface area contributed by atoms with Crippen molar-refractivity contribution in [3.8, 4) is 0 Å². The van der Waals surface area contributed by atoms with Crippen molar-refractivity contribution in [2.24, 2.45) is 23.2 Å². The molecule has 4 fully saturated rings. The lowest BCUT2D eigenvalue weighted by molar-refractivity contribution is -0.0750. The lowest BCUT2D eigenvalue weighted by atomic mass is 9.47. The van der Waals surface area contributed by atoms with E-state index in [0.717, 1.165) is 31.0 Å². The van der Waals surface area contributed by atoms with Crippen LogP contribution in [0.4, 0.5) is 4.79 Å². The van der Waals surface area contributed by atoms with Crippen LogP contribution in [0.25, 0.3) is 0 Å². The van der Waals surface area contributed by atoms with Crippen molar-refractivity contribution in [1.82, 2.24) is 25.9 Å². The Morgan fingerprint density at radius 3 is 2.70 bits per heavy atom. The number of H-pyrrole nitrogens is 1. The summed E-state index contributed by atoms with van der Waals surface area (Å²) >= 11 is 0. The van der Waals surface area contributed by atoms with Crippen molar-refractivity contribution in [2.45, 2.75) is 44.6 Å². The third kappa shape index (κ3) is 1.87. The van der Waals surface area contributed by atoms with Crippen molar-refractivity contribution in [3.63, 3.8) is 0 Å². The molecule has 4 saturated carbocycles. The number of carbonyl (C=O) groups is 1. The van der Waals surface area contributed by atoms with E-state index >= 15 is 0 Å². The quantitative estimate of drug-likeness (QED) is 0.770. The van der Waals surface area contributed by atoms with Crippen molar-refractivity contribution in [2.75, 3.05) is 0 Å². The molecule has 0 radical (unpaired) electrons. The van der Waals surface area contributed by atoms with Crippen molar-refractivity contribution in [1.29, 1.82) is 0 Å². The van der Waals surface area contributed by atoms with E-state index in [9.17, 15) is 4.79 Å². The molecular weight excluding hydrogens is 258 g/mol. The summed E-state index contributed by atoms with van der Waals surface area (Å²) in [5, 5.41) is 26.2. The van der Waals surface area contributed by atoms with Crippen molar-refractivity contribution < 1.29 is 9.90 Å². The minimum Gasteiger partial charge on any atom is -0.465 e. The second kappa shape index (κ2) is 4.17. The largest absolute Gasteiger partial charge is 0.465 e. The number of tetrazole rings is 1. The highest BCUT2D eigenvalue weighted by Crippen LogP contribution is 2.60. The molecule has 0 aliphatic heterocycles. The van der Waals surface area contributed by atoms with Crippen LogP contribution in [0.3, 0.4) is 0 Å². The van der Waals surface area contributed by atoms with Gasteiger partial charge in [0.2, 0.25) is 0 Å². The molecule has 5 rings (SSSR count). The number of hydrogen-bond donors (Lipinski definition) is 3. The zero-order chi connectivity index (χ0) is 13.7. The molecule has 1 heterocycles. The van der Waals surface area contributed by atoms with Gasteiger partial charge in [-0.3, -0.25) is 0 Å². The van der Waals surface area contributed by atoms with Gasteiger partial charge in [0.1, 0.15) is 0 Å². The highest BCUT2D eigenvalue weighted by molar-refractivity contribution is 5.65. The molecule has 0 spiro atoms. The molecule has 3 N–H and O–H groups in total. The summed E-state index contributed by atoms with van der Waals surface area (Å²) in [6.45, 7) is 0. The van der Waals surface area contributed by atoms with E-state index < -0.39 is 6.09 Å². The zero-order valence-electron chi connectivity index (χ0n) is 11.2. The topological polar surface area (TPSA) is 104 Å². The average Bonchev–Trinajstić information content (AvgIpc) is 2.84. The smallest absolute Gasteiger partial charge is 0.404 e. The Labute approximate surface area is 116 Å². The molecule has 4 aliphatic carbocycles. The molecule has 4 bridgehead atoms. The molecule has 2 atom stereocenters. The molecule has 4 aliphatic rings. The van der Waals surface area contributed by atoms with E-state index in [0.29, 0.717) is 11.8 Å². The summed E-state index contributed by atoms with van der Waals surface area (Å²) in [4.78, 5) is 11.0. The maximum Gasteiger partial charge on any atom is 0.404 e. The molecule has 2 unspecified atom stereocenters. The van der Waals surface area contributed by atoms with Crippen LogP contribution in [0.15, 0.2) is 0 Å². The van der Waals surface area contributed by atoms with Gasteiger partial charge in [0.25, 0.3) is 0 Å². The molecule has 7 nitrogen and oxygen atoms in total. The van der Waals surface area contributed by atoms with E-state index in [1.54, 1.807) is 0 Å². The molecule has 7 heteroatoms. The molecule has 0 aromatic carbocycles. The summed E-state index contributed by atoms with van der Waals surface area (Å²) in [5.41, 5.74) is 0.275. The number of rotatable bonds is 3.